The summed E-state index contributed by atoms with van der Waals surface area (Å²) < 4.78 is 5.52. The van der Waals surface area contributed by atoms with E-state index in [0.717, 1.165) is 12.8 Å². The third kappa shape index (κ3) is 1.20. The molecule has 2 fully saturated rings. The van der Waals surface area contributed by atoms with Crippen LogP contribution in [0.2, 0.25) is 0 Å². The van der Waals surface area contributed by atoms with Gasteiger partial charge in [0.25, 0.3) is 0 Å². The van der Waals surface area contributed by atoms with Crippen molar-refractivity contribution in [1.29, 1.82) is 0 Å². The highest BCUT2D eigenvalue weighted by molar-refractivity contribution is 5.81. The van der Waals surface area contributed by atoms with Crippen molar-refractivity contribution in [3.8, 4) is 0 Å². The van der Waals surface area contributed by atoms with E-state index in [1.54, 1.807) is 0 Å². The second-order valence-corrected chi connectivity index (χ2v) is 6.02. The second-order valence-electron chi connectivity index (χ2n) is 6.02. The quantitative estimate of drug-likeness (QED) is 0.450. The van der Waals surface area contributed by atoms with Crippen molar-refractivity contribution in [2.75, 3.05) is 0 Å². The molecule has 2 nitrogen and oxygen atoms in total. The summed E-state index contributed by atoms with van der Waals surface area (Å²) in [5.41, 5.74) is -0.413. The molecular formula is C13H18O2. The molecule has 0 N–H and O–H groups in total. The van der Waals surface area contributed by atoms with Gasteiger partial charge >= 0.3 is 5.97 Å². The summed E-state index contributed by atoms with van der Waals surface area (Å²) in [6.07, 6.45) is 8.93. The summed E-state index contributed by atoms with van der Waals surface area (Å²) in [4.78, 5) is 12.1. The Kier molecular flexibility index (Phi) is 1.67. The van der Waals surface area contributed by atoms with E-state index in [9.17, 15) is 4.79 Å². The minimum Gasteiger partial charge on any atom is -0.459 e. The predicted molar refractivity (Wildman–Crippen MR) is 57.2 cm³/mol. The molecule has 3 atom stereocenters. The largest absolute Gasteiger partial charge is 0.459 e. The maximum Gasteiger partial charge on any atom is 0.313 e. The molecule has 1 saturated carbocycles. The summed E-state index contributed by atoms with van der Waals surface area (Å²) in [7, 11) is 0. The Labute approximate surface area is 90.7 Å². The van der Waals surface area contributed by atoms with E-state index >= 15 is 0 Å². The molecule has 2 heteroatoms. The lowest BCUT2D eigenvalue weighted by atomic mass is 9.57. The zero-order valence-electron chi connectivity index (χ0n) is 9.45. The van der Waals surface area contributed by atoms with Crippen molar-refractivity contribution in [2.45, 2.75) is 45.1 Å². The molecule has 0 aromatic carbocycles. The molecule has 2 bridgehead atoms. The van der Waals surface area contributed by atoms with Gasteiger partial charge in [0.15, 0.2) is 0 Å². The van der Waals surface area contributed by atoms with E-state index in [-0.39, 0.29) is 17.0 Å². The molecule has 1 heterocycles. The first-order chi connectivity index (χ1) is 7.02. The Bertz CT molecular complexity index is 342. The molecule has 4 rings (SSSR count). The van der Waals surface area contributed by atoms with Gasteiger partial charge in [-0.1, -0.05) is 12.2 Å². The molecule has 3 aliphatic carbocycles. The van der Waals surface area contributed by atoms with Gasteiger partial charge in [-0.3, -0.25) is 4.79 Å². The van der Waals surface area contributed by atoms with Gasteiger partial charge in [-0.25, -0.2) is 0 Å². The highest BCUT2D eigenvalue weighted by atomic mass is 16.6. The number of cyclic esters (lactones) is 1. The van der Waals surface area contributed by atoms with Crippen molar-refractivity contribution in [2.24, 2.45) is 17.3 Å². The molecule has 0 aromatic rings. The zero-order chi connectivity index (χ0) is 10.7. The number of hydrogen-bond donors (Lipinski definition) is 0. The lowest BCUT2D eigenvalue weighted by Crippen LogP contribution is -2.42. The maximum atomic E-state index is 12.1. The minimum atomic E-state index is -0.248. The Morgan fingerprint density at radius 1 is 1.33 bits per heavy atom. The first-order valence-electron chi connectivity index (χ1n) is 5.94. The molecule has 1 aliphatic heterocycles. The predicted octanol–water partition coefficient (Wildman–Crippen LogP) is 2.68. The fraction of sp³-hybridized carbons (Fsp3) is 0.769. The molecule has 0 radical (unpaired) electrons. The summed E-state index contributed by atoms with van der Waals surface area (Å²) in [6, 6.07) is 0. The van der Waals surface area contributed by atoms with Gasteiger partial charge in [-0.05, 0) is 44.9 Å². The van der Waals surface area contributed by atoms with Gasteiger partial charge in [-0.15, -0.1) is 0 Å². The Morgan fingerprint density at radius 3 is 2.53 bits per heavy atom. The average molecular weight is 206 g/mol. The number of rotatable bonds is 0. The highest BCUT2D eigenvalue weighted by Crippen LogP contribution is 2.57. The van der Waals surface area contributed by atoms with Crippen LogP contribution in [0.25, 0.3) is 0 Å². The van der Waals surface area contributed by atoms with Crippen LogP contribution in [0.1, 0.15) is 39.5 Å². The molecule has 3 unspecified atom stereocenters. The van der Waals surface area contributed by atoms with Crippen LogP contribution in [-0.4, -0.2) is 11.6 Å². The van der Waals surface area contributed by atoms with Crippen LogP contribution in [0.15, 0.2) is 12.2 Å². The van der Waals surface area contributed by atoms with Crippen molar-refractivity contribution >= 4 is 5.97 Å². The summed E-state index contributed by atoms with van der Waals surface area (Å²) in [6.45, 7) is 4.07. The number of carbonyl (C=O) groups excluding carboxylic acids is 1. The standard InChI is InChI=1S/C13H18O2/c1-12(2)8-13(11(14)15-12)7-9-3-5-10(13)6-4-9/h3,5,9-10H,4,6-8H2,1-2H3. The van der Waals surface area contributed by atoms with Crippen molar-refractivity contribution < 1.29 is 9.53 Å². The van der Waals surface area contributed by atoms with E-state index in [4.69, 9.17) is 4.74 Å². The molecule has 0 amide bonds. The molecule has 1 saturated heterocycles. The van der Waals surface area contributed by atoms with Crippen LogP contribution in [-0.2, 0) is 9.53 Å². The summed E-state index contributed by atoms with van der Waals surface area (Å²) in [5, 5.41) is 0. The third-order valence-electron chi connectivity index (χ3n) is 4.32. The molecule has 4 aliphatic rings. The van der Waals surface area contributed by atoms with Crippen LogP contribution in [0, 0.1) is 17.3 Å². The average Bonchev–Trinajstić information content (AvgIpc) is 2.38. The SMILES string of the molecule is CC1(C)CC2(CC3C=CC2CC3)C(=O)O1. The van der Waals surface area contributed by atoms with Gasteiger partial charge in [0.2, 0.25) is 0 Å². The lowest BCUT2D eigenvalue weighted by molar-refractivity contribution is -0.155. The summed E-state index contributed by atoms with van der Waals surface area (Å²) >= 11 is 0. The second kappa shape index (κ2) is 2.66. The van der Waals surface area contributed by atoms with E-state index in [0.29, 0.717) is 11.8 Å². The Hall–Kier alpha value is -0.790. The van der Waals surface area contributed by atoms with Gasteiger partial charge in [0.1, 0.15) is 5.60 Å². The third-order valence-corrected chi connectivity index (χ3v) is 4.32. The first kappa shape index (κ1) is 9.44. The van der Waals surface area contributed by atoms with E-state index in [1.807, 2.05) is 13.8 Å². The van der Waals surface area contributed by atoms with E-state index < -0.39 is 0 Å². The number of fused-ring (bicyclic) bond motifs is 1. The van der Waals surface area contributed by atoms with Crippen LogP contribution in [0.3, 0.4) is 0 Å². The molecule has 0 aromatic heterocycles. The van der Waals surface area contributed by atoms with E-state index in [2.05, 4.69) is 12.2 Å². The number of ether oxygens (including phenoxy) is 1. The molecule has 82 valence electrons. The molecule has 1 spiro atoms. The zero-order valence-corrected chi connectivity index (χ0v) is 9.45. The number of carbonyl (C=O) groups is 1. The van der Waals surface area contributed by atoms with Crippen LogP contribution < -0.4 is 0 Å². The van der Waals surface area contributed by atoms with Crippen LogP contribution >= 0.6 is 0 Å². The smallest absolute Gasteiger partial charge is 0.313 e. The number of allylic oxidation sites excluding steroid dienone is 2. The van der Waals surface area contributed by atoms with Crippen LogP contribution in [0.5, 0.6) is 0 Å². The Balaban J connectivity index is 1.99. The fourth-order valence-corrected chi connectivity index (χ4v) is 3.79. The monoisotopic (exact) mass is 206 g/mol. The number of esters is 1. The topological polar surface area (TPSA) is 26.3 Å². The van der Waals surface area contributed by atoms with Gasteiger partial charge in [-0.2, -0.15) is 0 Å². The maximum absolute atomic E-state index is 12.1. The van der Waals surface area contributed by atoms with Gasteiger partial charge in [0, 0.05) is 6.42 Å². The van der Waals surface area contributed by atoms with Gasteiger partial charge in [0.05, 0.1) is 5.41 Å². The first-order valence-corrected chi connectivity index (χ1v) is 5.94. The Morgan fingerprint density at radius 2 is 2.13 bits per heavy atom. The van der Waals surface area contributed by atoms with Crippen molar-refractivity contribution in [3.63, 3.8) is 0 Å². The highest BCUT2D eigenvalue weighted by Gasteiger charge is 2.59. The normalized spacial score (nSPS) is 46.1. The fourth-order valence-electron chi connectivity index (χ4n) is 3.79. The van der Waals surface area contributed by atoms with Crippen molar-refractivity contribution in [1.82, 2.24) is 0 Å². The van der Waals surface area contributed by atoms with Crippen LogP contribution in [0.4, 0.5) is 0 Å². The summed E-state index contributed by atoms with van der Waals surface area (Å²) in [5.74, 6) is 1.12. The van der Waals surface area contributed by atoms with Gasteiger partial charge < -0.3 is 4.74 Å². The lowest BCUT2D eigenvalue weighted by Gasteiger charge is -2.43. The minimum absolute atomic E-state index is 0.0616. The number of hydrogen-bond acceptors (Lipinski definition) is 2. The van der Waals surface area contributed by atoms with Crippen molar-refractivity contribution in [3.05, 3.63) is 12.2 Å². The molecule has 15 heavy (non-hydrogen) atoms. The molecular weight excluding hydrogens is 188 g/mol. The van der Waals surface area contributed by atoms with E-state index in [1.165, 1.54) is 12.8 Å².